The zero-order valence-corrected chi connectivity index (χ0v) is 14.3. The maximum absolute atomic E-state index is 12.9. The Morgan fingerprint density at radius 1 is 1.16 bits per heavy atom. The van der Waals surface area contributed by atoms with E-state index >= 15 is 0 Å². The first-order valence-corrected chi connectivity index (χ1v) is 8.62. The summed E-state index contributed by atoms with van der Waals surface area (Å²) >= 11 is 5.86. The van der Waals surface area contributed by atoms with Crippen LogP contribution >= 0.6 is 11.6 Å². The normalized spacial score (nSPS) is 20.0. The first-order valence-electron chi connectivity index (χ1n) is 8.24. The molecule has 2 heterocycles. The number of carbonyl (C=O) groups excluding carboxylic acids is 1. The average molecular weight is 353 g/mol. The summed E-state index contributed by atoms with van der Waals surface area (Å²) in [4.78, 5) is 19.0. The summed E-state index contributed by atoms with van der Waals surface area (Å²) in [5, 5.41) is 11.1. The molecule has 126 valence electrons. The summed E-state index contributed by atoms with van der Waals surface area (Å²) in [6, 6.07) is 15.0. The summed E-state index contributed by atoms with van der Waals surface area (Å²) in [5.74, 6) is -0.0679. The highest BCUT2D eigenvalue weighted by Crippen LogP contribution is 2.38. The van der Waals surface area contributed by atoms with Gasteiger partial charge < -0.3 is 10.0 Å². The van der Waals surface area contributed by atoms with E-state index in [1.807, 2.05) is 23.1 Å². The molecule has 2 aromatic carbocycles. The summed E-state index contributed by atoms with van der Waals surface area (Å²) < 4.78 is 0. The molecule has 1 atom stereocenters. The molecule has 2 aliphatic rings. The van der Waals surface area contributed by atoms with Crippen LogP contribution in [0.4, 0.5) is 5.69 Å². The molecule has 1 amide bonds. The molecule has 0 bridgehead atoms. The molecule has 0 aromatic heterocycles. The lowest BCUT2D eigenvalue weighted by Crippen LogP contribution is -2.44. The van der Waals surface area contributed by atoms with Crippen molar-refractivity contribution in [3.8, 4) is 0 Å². The third kappa shape index (κ3) is 2.94. The number of halogens is 1. The van der Waals surface area contributed by atoms with E-state index < -0.39 is 0 Å². The maximum Gasteiger partial charge on any atom is 0.259 e. The minimum atomic E-state index is -0.166. The summed E-state index contributed by atoms with van der Waals surface area (Å²) in [5.41, 5.74) is 3.33. The van der Waals surface area contributed by atoms with Gasteiger partial charge in [-0.3, -0.25) is 9.79 Å². The van der Waals surface area contributed by atoms with E-state index in [4.69, 9.17) is 11.6 Å². The molecule has 0 aliphatic carbocycles. The standard InChI is InChI=1S/C20H17ClN2O2/c21-14-5-7-15(8-6-14)22-12-17-19(24)11-18-16-4-2-1-3-13(16)9-10-23(18)20(17)25/h1-8,12,18,24H,9-11H2. The lowest BCUT2D eigenvalue weighted by molar-refractivity contribution is -0.130. The first kappa shape index (κ1) is 15.9. The predicted molar refractivity (Wildman–Crippen MR) is 98.5 cm³/mol. The van der Waals surface area contributed by atoms with Gasteiger partial charge >= 0.3 is 0 Å². The van der Waals surface area contributed by atoms with Crippen LogP contribution in [0.2, 0.25) is 5.02 Å². The molecule has 0 saturated heterocycles. The lowest BCUT2D eigenvalue weighted by Gasteiger charge is -2.40. The van der Waals surface area contributed by atoms with Crippen LogP contribution < -0.4 is 0 Å². The van der Waals surface area contributed by atoms with Crippen molar-refractivity contribution in [1.29, 1.82) is 0 Å². The molecule has 1 unspecified atom stereocenters. The molecule has 4 rings (SSSR count). The number of aliphatic imine (C=N–C) groups is 1. The predicted octanol–water partition coefficient (Wildman–Crippen LogP) is 4.38. The fourth-order valence-corrected chi connectivity index (χ4v) is 3.61. The second-order valence-electron chi connectivity index (χ2n) is 6.26. The Morgan fingerprint density at radius 3 is 2.72 bits per heavy atom. The Kier molecular flexibility index (Phi) is 4.06. The largest absolute Gasteiger partial charge is 0.511 e. The van der Waals surface area contributed by atoms with Gasteiger partial charge in [0.15, 0.2) is 0 Å². The van der Waals surface area contributed by atoms with Crippen molar-refractivity contribution in [3.63, 3.8) is 0 Å². The van der Waals surface area contributed by atoms with Crippen molar-refractivity contribution in [2.75, 3.05) is 6.54 Å². The highest BCUT2D eigenvalue weighted by atomic mass is 35.5. The van der Waals surface area contributed by atoms with Gasteiger partial charge in [-0.05, 0) is 41.8 Å². The molecule has 4 nitrogen and oxygen atoms in total. The molecule has 0 radical (unpaired) electrons. The fraction of sp³-hybridized carbons (Fsp3) is 0.200. The Labute approximate surface area is 151 Å². The Balaban J connectivity index is 1.64. The van der Waals surface area contributed by atoms with Gasteiger partial charge in [-0.1, -0.05) is 35.9 Å². The minimum Gasteiger partial charge on any atom is -0.511 e. The summed E-state index contributed by atoms with van der Waals surface area (Å²) in [6.45, 7) is 0.659. The topological polar surface area (TPSA) is 52.9 Å². The number of hydrogen-bond donors (Lipinski definition) is 1. The fourth-order valence-electron chi connectivity index (χ4n) is 3.48. The first-order chi connectivity index (χ1) is 12.1. The number of amides is 1. The molecule has 1 N–H and O–H groups in total. The van der Waals surface area contributed by atoms with Gasteiger partial charge in [0, 0.05) is 24.2 Å². The van der Waals surface area contributed by atoms with Crippen LogP contribution in [-0.4, -0.2) is 28.7 Å². The maximum atomic E-state index is 12.9. The van der Waals surface area contributed by atoms with E-state index in [9.17, 15) is 9.90 Å². The molecule has 0 fully saturated rings. The van der Waals surface area contributed by atoms with Crippen LogP contribution in [-0.2, 0) is 11.2 Å². The quantitative estimate of drug-likeness (QED) is 0.815. The van der Waals surface area contributed by atoms with Gasteiger partial charge in [0.25, 0.3) is 5.91 Å². The van der Waals surface area contributed by atoms with Gasteiger partial charge in [0.05, 0.1) is 17.3 Å². The third-order valence-corrected chi connectivity index (χ3v) is 5.02. The van der Waals surface area contributed by atoms with Crippen molar-refractivity contribution >= 4 is 29.4 Å². The van der Waals surface area contributed by atoms with Crippen LogP contribution in [0.25, 0.3) is 0 Å². The summed E-state index contributed by atoms with van der Waals surface area (Å²) in [6.07, 6.45) is 2.71. The zero-order valence-electron chi connectivity index (χ0n) is 13.5. The molecule has 25 heavy (non-hydrogen) atoms. The molecular weight excluding hydrogens is 336 g/mol. The molecular formula is C20H17ClN2O2. The second kappa shape index (κ2) is 6.37. The number of aliphatic hydroxyl groups excluding tert-OH is 1. The van der Waals surface area contributed by atoms with Crippen molar-refractivity contribution in [3.05, 3.63) is 76.0 Å². The monoisotopic (exact) mass is 352 g/mol. The van der Waals surface area contributed by atoms with Crippen molar-refractivity contribution in [2.24, 2.45) is 4.99 Å². The van der Waals surface area contributed by atoms with E-state index in [-0.39, 0.29) is 23.3 Å². The van der Waals surface area contributed by atoms with Gasteiger partial charge in [0.1, 0.15) is 5.76 Å². The van der Waals surface area contributed by atoms with Crippen LogP contribution in [0.3, 0.4) is 0 Å². The Morgan fingerprint density at radius 2 is 1.92 bits per heavy atom. The minimum absolute atomic E-state index is 0.0925. The molecule has 2 aromatic rings. The highest BCUT2D eigenvalue weighted by Gasteiger charge is 2.37. The number of nitrogens with zero attached hydrogens (tertiary/aromatic N) is 2. The van der Waals surface area contributed by atoms with Gasteiger partial charge in [-0.2, -0.15) is 0 Å². The van der Waals surface area contributed by atoms with Crippen LogP contribution in [0, 0.1) is 0 Å². The van der Waals surface area contributed by atoms with E-state index in [1.54, 1.807) is 24.3 Å². The van der Waals surface area contributed by atoms with E-state index in [1.165, 1.54) is 11.8 Å². The number of carbonyl (C=O) groups is 1. The van der Waals surface area contributed by atoms with Gasteiger partial charge in [-0.15, -0.1) is 0 Å². The number of fused-ring (bicyclic) bond motifs is 3. The third-order valence-electron chi connectivity index (χ3n) is 4.77. The lowest BCUT2D eigenvalue weighted by atomic mass is 9.86. The molecule has 5 heteroatoms. The summed E-state index contributed by atoms with van der Waals surface area (Å²) in [7, 11) is 0. The molecule has 2 aliphatic heterocycles. The van der Waals surface area contributed by atoms with E-state index in [0.29, 0.717) is 23.7 Å². The van der Waals surface area contributed by atoms with Crippen molar-refractivity contribution in [1.82, 2.24) is 4.90 Å². The second-order valence-corrected chi connectivity index (χ2v) is 6.70. The number of rotatable bonds is 2. The van der Waals surface area contributed by atoms with E-state index in [2.05, 4.69) is 11.1 Å². The number of aliphatic hydroxyl groups is 1. The van der Waals surface area contributed by atoms with Gasteiger partial charge in [-0.25, -0.2) is 0 Å². The van der Waals surface area contributed by atoms with Crippen LogP contribution in [0.15, 0.2) is 64.9 Å². The van der Waals surface area contributed by atoms with Crippen molar-refractivity contribution < 1.29 is 9.90 Å². The Bertz CT molecular complexity index is 887. The molecule has 0 saturated carbocycles. The number of benzene rings is 2. The zero-order chi connectivity index (χ0) is 17.4. The Hall–Kier alpha value is -2.59. The smallest absolute Gasteiger partial charge is 0.259 e. The highest BCUT2D eigenvalue weighted by molar-refractivity contribution is 6.30. The SMILES string of the molecule is O=C1C(C=Nc2ccc(Cl)cc2)=C(O)CC2c3ccccc3CCN12. The number of hydrogen-bond acceptors (Lipinski definition) is 3. The van der Waals surface area contributed by atoms with Crippen LogP contribution in [0.1, 0.15) is 23.6 Å². The molecule has 0 spiro atoms. The van der Waals surface area contributed by atoms with Crippen LogP contribution in [0.5, 0.6) is 0 Å². The van der Waals surface area contributed by atoms with E-state index in [0.717, 1.165) is 12.0 Å². The average Bonchev–Trinajstić information content (AvgIpc) is 2.63. The van der Waals surface area contributed by atoms with Crippen molar-refractivity contribution in [2.45, 2.75) is 18.9 Å². The van der Waals surface area contributed by atoms with Gasteiger partial charge in [0.2, 0.25) is 0 Å².